The predicted molar refractivity (Wildman–Crippen MR) is 139 cm³/mol. The van der Waals surface area contributed by atoms with Crippen LogP contribution in [0.3, 0.4) is 0 Å². The fourth-order valence-corrected chi connectivity index (χ4v) is 4.41. The minimum absolute atomic E-state index is 0.0528. The molecule has 1 aliphatic carbocycles. The highest BCUT2D eigenvalue weighted by Gasteiger charge is 2.34. The van der Waals surface area contributed by atoms with E-state index in [0.29, 0.717) is 30.9 Å². The fourth-order valence-electron chi connectivity index (χ4n) is 4.41. The molecule has 5 nitrogen and oxygen atoms in total. The lowest BCUT2D eigenvalue weighted by Gasteiger charge is -2.38. The highest BCUT2D eigenvalue weighted by molar-refractivity contribution is 5.96. The second kappa shape index (κ2) is 14.0. The van der Waals surface area contributed by atoms with Crippen molar-refractivity contribution in [3.8, 4) is 5.75 Å². The van der Waals surface area contributed by atoms with E-state index in [9.17, 15) is 9.59 Å². The summed E-state index contributed by atoms with van der Waals surface area (Å²) in [6.45, 7) is 10.5. The second-order valence-corrected chi connectivity index (χ2v) is 8.59. The van der Waals surface area contributed by atoms with Gasteiger partial charge in [-0.1, -0.05) is 73.9 Å². The van der Waals surface area contributed by atoms with Gasteiger partial charge in [-0.3, -0.25) is 9.59 Å². The Labute approximate surface area is 204 Å². The molecule has 0 spiro atoms. The Morgan fingerprint density at radius 1 is 0.971 bits per heavy atom. The molecule has 34 heavy (non-hydrogen) atoms. The molecular weight excluding hydrogens is 424 g/mol. The van der Waals surface area contributed by atoms with E-state index in [2.05, 4.69) is 42.7 Å². The van der Waals surface area contributed by atoms with E-state index >= 15 is 0 Å². The van der Waals surface area contributed by atoms with Crippen molar-refractivity contribution in [3.63, 3.8) is 0 Å². The Morgan fingerprint density at radius 3 is 2.12 bits per heavy atom. The molecule has 5 heteroatoms. The van der Waals surface area contributed by atoms with Crippen LogP contribution in [0.2, 0.25) is 0 Å². The van der Waals surface area contributed by atoms with Gasteiger partial charge in [0.05, 0.1) is 12.7 Å². The number of carbonyl (C=O) groups excluding carboxylic acids is 2. The molecule has 1 aliphatic rings. The van der Waals surface area contributed by atoms with Gasteiger partial charge in [0.25, 0.3) is 5.91 Å². The summed E-state index contributed by atoms with van der Waals surface area (Å²) in [5, 5.41) is 3.16. The summed E-state index contributed by atoms with van der Waals surface area (Å²) in [5.74, 6) is 0.612. The van der Waals surface area contributed by atoms with E-state index < -0.39 is 0 Å². The molecule has 0 aliphatic heterocycles. The predicted octanol–water partition coefficient (Wildman–Crippen LogP) is 5.53. The number of carbonyl (C=O) groups is 2. The lowest BCUT2D eigenvalue weighted by molar-refractivity contribution is -0.127. The molecule has 0 aromatic heterocycles. The molecule has 1 N–H and O–H groups in total. The number of benzene rings is 2. The third-order valence-electron chi connectivity index (χ3n) is 6.28. The molecule has 0 saturated heterocycles. The van der Waals surface area contributed by atoms with Crippen LogP contribution in [-0.4, -0.2) is 43.5 Å². The van der Waals surface area contributed by atoms with E-state index in [0.717, 1.165) is 12.8 Å². The fraction of sp³-hybridized carbons (Fsp3) is 0.379. The van der Waals surface area contributed by atoms with Gasteiger partial charge in [0, 0.05) is 32.0 Å². The number of hydrogen-bond acceptors (Lipinski definition) is 3. The lowest BCUT2D eigenvalue weighted by Crippen LogP contribution is -2.42. The van der Waals surface area contributed by atoms with Gasteiger partial charge in [0.15, 0.2) is 0 Å². The van der Waals surface area contributed by atoms with E-state index in [1.807, 2.05) is 30.3 Å². The normalized spacial score (nSPS) is 14.1. The molecule has 2 amide bonds. The molecule has 0 unspecified atom stereocenters. The molecular formula is C29H38N2O3. The number of nitrogens with one attached hydrogen (secondary N) is 1. The standard InChI is InChI=1S/C21H25NO2.C8H13NO/c1-24-19-13-7-6-12-18(19)20(23)22-16-21(14-8-3-9-15-21)17-10-4-2-5-11-17;1-4-6-9(7-5-2)8(3)10/h2,4-7,10-13H,3,8-9,14-16H2,1H3,(H,22,23);4-5H,1-2,6-7H2,3H3. The van der Waals surface area contributed by atoms with Crippen LogP contribution in [-0.2, 0) is 10.2 Å². The summed E-state index contributed by atoms with van der Waals surface area (Å²) in [6.07, 6.45) is 9.39. The average molecular weight is 463 g/mol. The lowest BCUT2D eigenvalue weighted by atomic mass is 9.69. The second-order valence-electron chi connectivity index (χ2n) is 8.59. The number of para-hydroxylation sites is 1. The van der Waals surface area contributed by atoms with Crippen molar-refractivity contribution in [3.05, 3.63) is 91.0 Å². The minimum atomic E-state index is -0.0617. The first-order valence-electron chi connectivity index (χ1n) is 11.9. The van der Waals surface area contributed by atoms with Gasteiger partial charge in [0.1, 0.15) is 5.75 Å². The maximum Gasteiger partial charge on any atom is 0.255 e. The number of rotatable bonds is 9. The molecule has 0 radical (unpaired) electrons. The Morgan fingerprint density at radius 2 is 1.56 bits per heavy atom. The molecule has 0 atom stereocenters. The van der Waals surface area contributed by atoms with Gasteiger partial charge in [0.2, 0.25) is 5.91 Å². The highest BCUT2D eigenvalue weighted by atomic mass is 16.5. The van der Waals surface area contributed by atoms with Crippen molar-refractivity contribution in [1.29, 1.82) is 0 Å². The van der Waals surface area contributed by atoms with Gasteiger partial charge in [-0.05, 0) is 30.5 Å². The quantitative estimate of drug-likeness (QED) is 0.498. The first-order valence-corrected chi connectivity index (χ1v) is 11.9. The van der Waals surface area contributed by atoms with E-state index in [1.165, 1.54) is 31.7 Å². The van der Waals surface area contributed by atoms with Crippen molar-refractivity contribution < 1.29 is 14.3 Å². The Hall–Kier alpha value is -3.34. The maximum absolute atomic E-state index is 12.6. The summed E-state index contributed by atoms with van der Waals surface area (Å²) in [4.78, 5) is 25.1. The number of amides is 2. The van der Waals surface area contributed by atoms with Gasteiger partial charge in [-0.15, -0.1) is 13.2 Å². The minimum Gasteiger partial charge on any atom is -0.496 e. The van der Waals surface area contributed by atoms with Crippen LogP contribution in [0.5, 0.6) is 5.75 Å². The molecule has 2 aromatic carbocycles. The monoisotopic (exact) mass is 462 g/mol. The van der Waals surface area contributed by atoms with Crippen molar-refractivity contribution in [2.45, 2.75) is 44.4 Å². The molecule has 0 bridgehead atoms. The summed E-state index contributed by atoms with van der Waals surface area (Å²) < 4.78 is 5.31. The van der Waals surface area contributed by atoms with Crippen molar-refractivity contribution in [2.75, 3.05) is 26.7 Å². The van der Waals surface area contributed by atoms with Crippen molar-refractivity contribution in [2.24, 2.45) is 0 Å². The van der Waals surface area contributed by atoms with Crippen LogP contribution in [0.25, 0.3) is 0 Å². The molecule has 1 saturated carbocycles. The number of hydrogen-bond donors (Lipinski definition) is 1. The average Bonchev–Trinajstić information content (AvgIpc) is 2.88. The third-order valence-corrected chi connectivity index (χ3v) is 6.28. The Balaban J connectivity index is 0.000000347. The van der Waals surface area contributed by atoms with Crippen LogP contribution < -0.4 is 10.1 Å². The first kappa shape index (κ1) is 26.9. The molecule has 182 valence electrons. The summed E-state index contributed by atoms with van der Waals surface area (Å²) in [7, 11) is 1.60. The zero-order chi connectivity index (χ0) is 24.8. The van der Waals surface area contributed by atoms with Crippen LogP contribution in [0, 0.1) is 0 Å². The molecule has 1 fully saturated rings. The Kier molecular flexibility index (Phi) is 11.1. The summed E-state index contributed by atoms with van der Waals surface area (Å²) in [5.41, 5.74) is 1.99. The highest BCUT2D eigenvalue weighted by Crippen LogP contribution is 2.39. The van der Waals surface area contributed by atoms with E-state index in [1.54, 1.807) is 24.2 Å². The van der Waals surface area contributed by atoms with Crippen molar-refractivity contribution in [1.82, 2.24) is 10.2 Å². The van der Waals surface area contributed by atoms with Gasteiger partial charge in [-0.2, -0.15) is 0 Å². The SMILES string of the molecule is C=CCN(CC=C)C(C)=O.COc1ccccc1C(=O)NCC1(c2ccccc2)CCCCC1. The molecule has 2 aromatic rings. The topological polar surface area (TPSA) is 58.6 Å². The summed E-state index contributed by atoms with van der Waals surface area (Å²) in [6, 6.07) is 18.0. The number of methoxy groups -OCH3 is 1. The van der Waals surface area contributed by atoms with Crippen LogP contribution in [0.15, 0.2) is 79.9 Å². The zero-order valence-corrected chi connectivity index (χ0v) is 20.6. The van der Waals surface area contributed by atoms with E-state index in [4.69, 9.17) is 4.74 Å². The maximum atomic E-state index is 12.6. The number of ether oxygens (including phenoxy) is 1. The van der Waals surface area contributed by atoms with Gasteiger partial charge >= 0.3 is 0 Å². The Bertz CT molecular complexity index is 923. The molecule has 0 heterocycles. The van der Waals surface area contributed by atoms with Gasteiger partial charge < -0.3 is 15.0 Å². The number of nitrogens with zero attached hydrogens (tertiary/aromatic N) is 1. The van der Waals surface area contributed by atoms with Crippen LogP contribution in [0.4, 0.5) is 0 Å². The van der Waals surface area contributed by atoms with Gasteiger partial charge in [-0.25, -0.2) is 0 Å². The van der Waals surface area contributed by atoms with Crippen LogP contribution in [0.1, 0.15) is 54.9 Å². The first-order chi connectivity index (χ1) is 16.5. The third kappa shape index (κ3) is 7.62. The molecule has 3 rings (SSSR count). The van der Waals surface area contributed by atoms with E-state index in [-0.39, 0.29) is 17.2 Å². The summed E-state index contributed by atoms with van der Waals surface area (Å²) >= 11 is 0. The zero-order valence-electron chi connectivity index (χ0n) is 20.6. The van der Waals surface area contributed by atoms with Crippen LogP contribution >= 0.6 is 0 Å². The largest absolute Gasteiger partial charge is 0.496 e. The van der Waals surface area contributed by atoms with Crippen molar-refractivity contribution >= 4 is 11.8 Å². The smallest absolute Gasteiger partial charge is 0.255 e.